The fraction of sp³-hybridized carbons (Fsp3) is 0.600. The molecule has 2 heteroatoms. The van der Waals surface area contributed by atoms with Gasteiger partial charge in [0.15, 0.2) is 0 Å². The minimum absolute atomic E-state index is 0.318. The van der Waals surface area contributed by atoms with Crippen molar-refractivity contribution in [2.75, 3.05) is 19.6 Å². The van der Waals surface area contributed by atoms with Crippen molar-refractivity contribution in [1.82, 2.24) is 4.90 Å². The maximum atomic E-state index is 5.87. The third kappa shape index (κ3) is 2.70. The van der Waals surface area contributed by atoms with Gasteiger partial charge < -0.3 is 5.73 Å². The first-order valence-electron chi connectivity index (χ1n) is 6.55. The average molecular weight is 232 g/mol. The molecule has 0 aromatic heterocycles. The summed E-state index contributed by atoms with van der Waals surface area (Å²) in [6.07, 6.45) is 1.22. The second-order valence-corrected chi connectivity index (χ2v) is 5.83. The standard InChI is InChI=1S/C15H24N2/c1-12-5-4-6-14(9-12)13(2)17-8-7-15(3,10-16)11-17/h4-6,9,13H,7-8,10-11,16H2,1-3H3. The van der Waals surface area contributed by atoms with Crippen LogP contribution >= 0.6 is 0 Å². The Balaban J connectivity index is 2.09. The summed E-state index contributed by atoms with van der Waals surface area (Å²) in [5.74, 6) is 0. The summed E-state index contributed by atoms with van der Waals surface area (Å²) in [5, 5.41) is 0. The van der Waals surface area contributed by atoms with Gasteiger partial charge in [-0.3, -0.25) is 4.90 Å². The summed E-state index contributed by atoms with van der Waals surface area (Å²) in [7, 11) is 0. The smallest absolute Gasteiger partial charge is 0.0320 e. The van der Waals surface area contributed by atoms with Crippen molar-refractivity contribution in [3.8, 4) is 0 Å². The van der Waals surface area contributed by atoms with E-state index in [0.29, 0.717) is 11.5 Å². The molecule has 1 aromatic rings. The Morgan fingerprint density at radius 1 is 1.47 bits per heavy atom. The Morgan fingerprint density at radius 3 is 2.82 bits per heavy atom. The van der Waals surface area contributed by atoms with Gasteiger partial charge in [0.2, 0.25) is 0 Å². The van der Waals surface area contributed by atoms with E-state index in [1.807, 2.05) is 0 Å². The van der Waals surface area contributed by atoms with Crippen molar-refractivity contribution in [3.05, 3.63) is 35.4 Å². The largest absolute Gasteiger partial charge is 0.330 e. The molecule has 94 valence electrons. The van der Waals surface area contributed by atoms with E-state index in [9.17, 15) is 0 Å². The highest BCUT2D eigenvalue weighted by Gasteiger charge is 2.34. The molecule has 0 radical (unpaired) electrons. The molecule has 0 amide bonds. The highest BCUT2D eigenvalue weighted by atomic mass is 15.2. The molecule has 1 aliphatic heterocycles. The number of aryl methyl sites for hydroxylation is 1. The van der Waals surface area contributed by atoms with E-state index in [4.69, 9.17) is 5.73 Å². The van der Waals surface area contributed by atoms with Gasteiger partial charge in [0.1, 0.15) is 0 Å². The van der Waals surface area contributed by atoms with Crippen LogP contribution in [0.5, 0.6) is 0 Å². The topological polar surface area (TPSA) is 29.3 Å². The van der Waals surface area contributed by atoms with Crippen LogP contribution in [-0.4, -0.2) is 24.5 Å². The molecule has 1 aromatic carbocycles. The molecule has 2 atom stereocenters. The Hall–Kier alpha value is -0.860. The van der Waals surface area contributed by atoms with Crippen molar-refractivity contribution < 1.29 is 0 Å². The van der Waals surface area contributed by atoms with E-state index in [2.05, 4.69) is 49.9 Å². The van der Waals surface area contributed by atoms with E-state index in [1.165, 1.54) is 24.1 Å². The number of rotatable bonds is 3. The minimum atomic E-state index is 0.318. The van der Waals surface area contributed by atoms with Gasteiger partial charge in [-0.25, -0.2) is 0 Å². The van der Waals surface area contributed by atoms with E-state index in [0.717, 1.165) is 13.1 Å². The van der Waals surface area contributed by atoms with Gasteiger partial charge in [-0.2, -0.15) is 0 Å². The molecule has 0 aliphatic carbocycles. The molecule has 1 aliphatic rings. The monoisotopic (exact) mass is 232 g/mol. The van der Waals surface area contributed by atoms with Crippen LogP contribution in [0.1, 0.15) is 37.4 Å². The quantitative estimate of drug-likeness (QED) is 0.868. The average Bonchev–Trinajstić information content (AvgIpc) is 2.72. The van der Waals surface area contributed by atoms with Crippen LogP contribution in [0.25, 0.3) is 0 Å². The molecule has 2 N–H and O–H groups in total. The Kier molecular flexibility index (Phi) is 3.55. The Bertz CT molecular complexity index is 388. The van der Waals surface area contributed by atoms with Crippen LogP contribution in [0, 0.1) is 12.3 Å². The maximum absolute atomic E-state index is 5.87. The molecular weight excluding hydrogens is 208 g/mol. The van der Waals surface area contributed by atoms with Crippen molar-refractivity contribution in [2.45, 2.75) is 33.2 Å². The first-order valence-corrected chi connectivity index (χ1v) is 6.55. The molecule has 2 rings (SSSR count). The van der Waals surface area contributed by atoms with E-state index >= 15 is 0 Å². The lowest BCUT2D eigenvalue weighted by atomic mass is 9.90. The van der Waals surface area contributed by atoms with Crippen LogP contribution in [0.2, 0.25) is 0 Å². The SMILES string of the molecule is Cc1cccc(C(C)N2CCC(C)(CN)C2)c1. The van der Waals surface area contributed by atoms with E-state index in [1.54, 1.807) is 0 Å². The van der Waals surface area contributed by atoms with Gasteiger partial charge in [0, 0.05) is 12.6 Å². The summed E-state index contributed by atoms with van der Waals surface area (Å²) in [4.78, 5) is 2.56. The zero-order chi connectivity index (χ0) is 12.5. The molecular formula is C15H24N2. The molecule has 0 saturated carbocycles. The fourth-order valence-electron chi connectivity index (χ4n) is 2.70. The second-order valence-electron chi connectivity index (χ2n) is 5.83. The van der Waals surface area contributed by atoms with Crippen molar-refractivity contribution in [2.24, 2.45) is 11.1 Å². The normalized spacial score (nSPS) is 27.3. The number of benzene rings is 1. The van der Waals surface area contributed by atoms with Crippen molar-refractivity contribution >= 4 is 0 Å². The zero-order valence-corrected chi connectivity index (χ0v) is 11.2. The van der Waals surface area contributed by atoms with Gasteiger partial charge >= 0.3 is 0 Å². The van der Waals surface area contributed by atoms with Crippen molar-refractivity contribution in [1.29, 1.82) is 0 Å². The third-order valence-electron chi connectivity index (χ3n) is 4.15. The van der Waals surface area contributed by atoms with Crippen LogP contribution in [0.15, 0.2) is 24.3 Å². The first-order chi connectivity index (χ1) is 8.04. The van der Waals surface area contributed by atoms with Crippen LogP contribution in [-0.2, 0) is 0 Å². The number of nitrogens with zero attached hydrogens (tertiary/aromatic N) is 1. The highest BCUT2D eigenvalue weighted by molar-refractivity contribution is 5.25. The summed E-state index contributed by atoms with van der Waals surface area (Å²) < 4.78 is 0. The van der Waals surface area contributed by atoms with Crippen molar-refractivity contribution in [3.63, 3.8) is 0 Å². The molecule has 1 fully saturated rings. The Labute approximate surface area is 105 Å². The summed E-state index contributed by atoms with van der Waals surface area (Å²) in [6, 6.07) is 9.34. The lowest BCUT2D eigenvalue weighted by molar-refractivity contribution is 0.227. The highest BCUT2D eigenvalue weighted by Crippen LogP contribution is 2.34. The molecule has 0 spiro atoms. The zero-order valence-electron chi connectivity index (χ0n) is 11.2. The molecule has 0 bridgehead atoms. The van der Waals surface area contributed by atoms with Crippen LogP contribution in [0.3, 0.4) is 0 Å². The van der Waals surface area contributed by atoms with Gasteiger partial charge in [-0.15, -0.1) is 0 Å². The molecule has 1 saturated heterocycles. The minimum Gasteiger partial charge on any atom is -0.330 e. The van der Waals surface area contributed by atoms with Gasteiger partial charge in [-0.05, 0) is 44.3 Å². The van der Waals surface area contributed by atoms with Gasteiger partial charge in [0.05, 0.1) is 0 Å². The fourth-order valence-corrected chi connectivity index (χ4v) is 2.70. The second kappa shape index (κ2) is 4.79. The van der Waals surface area contributed by atoms with E-state index in [-0.39, 0.29) is 0 Å². The summed E-state index contributed by atoms with van der Waals surface area (Å²) in [5.41, 5.74) is 8.95. The number of hydrogen-bond acceptors (Lipinski definition) is 2. The van der Waals surface area contributed by atoms with Crippen LogP contribution in [0.4, 0.5) is 0 Å². The third-order valence-corrected chi connectivity index (χ3v) is 4.15. The molecule has 2 unspecified atom stereocenters. The summed E-state index contributed by atoms with van der Waals surface area (Å²) in [6.45, 7) is 9.85. The van der Waals surface area contributed by atoms with E-state index < -0.39 is 0 Å². The number of nitrogens with two attached hydrogens (primary N) is 1. The van der Waals surface area contributed by atoms with Crippen LogP contribution < -0.4 is 5.73 Å². The van der Waals surface area contributed by atoms with Gasteiger partial charge in [-0.1, -0.05) is 36.8 Å². The number of hydrogen-bond donors (Lipinski definition) is 1. The molecule has 2 nitrogen and oxygen atoms in total. The Morgan fingerprint density at radius 2 is 2.24 bits per heavy atom. The lowest BCUT2D eigenvalue weighted by Crippen LogP contribution is -2.32. The predicted octanol–water partition coefficient (Wildman–Crippen LogP) is 2.73. The lowest BCUT2D eigenvalue weighted by Gasteiger charge is -2.27. The predicted molar refractivity (Wildman–Crippen MR) is 72.9 cm³/mol. The maximum Gasteiger partial charge on any atom is 0.0320 e. The first kappa shape index (κ1) is 12.6. The summed E-state index contributed by atoms with van der Waals surface area (Å²) >= 11 is 0. The molecule has 1 heterocycles. The van der Waals surface area contributed by atoms with Gasteiger partial charge in [0.25, 0.3) is 0 Å². The number of likely N-dealkylation sites (tertiary alicyclic amines) is 1. The molecule has 17 heavy (non-hydrogen) atoms.